The standard InChI is InChI=1S/C19H15F2N5O3/c1-10-17(23-25-26(10)14-9-12(20)5-6-13(14)21)19-22-18(24-29-19)11-4-7-15(27-2)16(8-11)28-3/h4-9H,1-3H3. The van der Waals surface area contributed by atoms with Gasteiger partial charge in [-0.2, -0.15) is 4.98 Å². The van der Waals surface area contributed by atoms with Gasteiger partial charge in [-0.1, -0.05) is 10.4 Å². The maximum Gasteiger partial charge on any atom is 0.280 e. The summed E-state index contributed by atoms with van der Waals surface area (Å²) in [6.45, 7) is 1.64. The van der Waals surface area contributed by atoms with E-state index in [9.17, 15) is 8.78 Å². The summed E-state index contributed by atoms with van der Waals surface area (Å²) in [6, 6.07) is 8.26. The minimum atomic E-state index is -0.637. The van der Waals surface area contributed by atoms with Crippen LogP contribution in [0.25, 0.3) is 28.7 Å². The molecule has 0 unspecified atom stereocenters. The lowest BCUT2D eigenvalue weighted by molar-refractivity contribution is 0.355. The van der Waals surface area contributed by atoms with Crippen molar-refractivity contribution in [3.05, 3.63) is 53.7 Å². The highest BCUT2D eigenvalue weighted by atomic mass is 19.1. The summed E-state index contributed by atoms with van der Waals surface area (Å²) >= 11 is 0. The summed E-state index contributed by atoms with van der Waals surface area (Å²) in [4.78, 5) is 4.33. The van der Waals surface area contributed by atoms with Gasteiger partial charge in [0.05, 0.1) is 19.9 Å². The second-order valence-corrected chi connectivity index (χ2v) is 6.02. The van der Waals surface area contributed by atoms with E-state index in [4.69, 9.17) is 14.0 Å². The highest BCUT2D eigenvalue weighted by Crippen LogP contribution is 2.32. The Labute approximate surface area is 163 Å². The Balaban J connectivity index is 1.71. The third kappa shape index (κ3) is 3.28. The molecule has 0 spiro atoms. The first-order valence-corrected chi connectivity index (χ1v) is 8.46. The van der Waals surface area contributed by atoms with E-state index in [1.807, 2.05) is 0 Å². The highest BCUT2D eigenvalue weighted by molar-refractivity contribution is 5.63. The SMILES string of the molecule is COc1ccc(-c2noc(-c3nnn(-c4cc(F)ccc4F)c3C)n2)cc1OC. The Kier molecular flexibility index (Phi) is 4.67. The molecule has 0 amide bonds. The Hall–Kier alpha value is -3.82. The van der Waals surface area contributed by atoms with Gasteiger partial charge < -0.3 is 14.0 Å². The molecule has 2 heterocycles. The summed E-state index contributed by atoms with van der Waals surface area (Å²) in [5.41, 5.74) is 1.24. The van der Waals surface area contributed by atoms with Crippen LogP contribution in [0.15, 0.2) is 40.9 Å². The molecule has 148 valence electrons. The molecule has 0 bridgehead atoms. The Morgan fingerprint density at radius 2 is 1.79 bits per heavy atom. The molecule has 0 saturated carbocycles. The molecule has 0 aliphatic heterocycles. The molecule has 10 heteroatoms. The van der Waals surface area contributed by atoms with E-state index >= 15 is 0 Å². The topological polar surface area (TPSA) is 88.1 Å². The molecule has 29 heavy (non-hydrogen) atoms. The van der Waals surface area contributed by atoms with Gasteiger partial charge in [0.1, 0.15) is 17.3 Å². The third-order valence-corrected chi connectivity index (χ3v) is 4.30. The molecule has 4 rings (SSSR count). The monoisotopic (exact) mass is 399 g/mol. The predicted octanol–water partition coefficient (Wildman–Crippen LogP) is 3.59. The maximum absolute atomic E-state index is 14.1. The fourth-order valence-corrected chi connectivity index (χ4v) is 2.82. The van der Waals surface area contributed by atoms with Crippen LogP contribution in [-0.2, 0) is 0 Å². The largest absolute Gasteiger partial charge is 0.493 e. The van der Waals surface area contributed by atoms with Crippen LogP contribution in [0, 0.1) is 18.6 Å². The number of aromatic nitrogens is 5. The van der Waals surface area contributed by atoms with Gasteiger partial charge in [0.15, 0.2) is 17.2 Å². The molecule has 0 saturated heterocycles. The molecule has 0 atom stereocenters. The molecule has 8 nitrogen and oxygen atoms in total. The van der Waals surface area contributed by atoms with Crippen LogP contribution in [0.1, 0.15) is 5.69 Å². The van der Waals surface area contributed by atoms with Gasteiger partial charge in [-0.05, 0) is 37.3 Å². The molecular formula is C19H15F2N5O3. The van der Waals surface area contributed by atoms with E-state index in [1.54, 1.807) is 25.1 Å². The van der Waals surface area contributed by atoms with E-state index in [1.165, 1.54) is 18.9 Å². The van der Waals surface area contributed by atoms with E-state index in [2.05, 4.69) is 20.5 Å². The summed E-state index contributed by atoms with van der Waals surface area (Å²) in [5, 5.41) is 11.8. The number of halogens is 2. The lowest BCUT2D eigenvalue weighted by Crippen LogP contribution is -2.03. The fourth-order valence-electron chi connectivity index (χ4n) is 2.82. The second-order valence-electron chi connectivity index (χ2n) is 6.02. The van der Waals surface area contributed by atoms with Crippen LogP contribution in [0.3, 0.4) is 0 Å². The summed E-state index contributed by atoms with van der Waals surface area (Å²) in [5.74, 6) is 0.243. The molecule has 0 fully saturated rings. The average Bonchev–Trinajstić information content (AvgIpc) is 3.36. The zero-order valence-corrected chi connectivity index (χ0v) is 15.7. The van der Waals surface area contributed by atoms with Crippen LogP contribution < -0.4 is 9.47 Å². The van der Waals surface area contributed by atoms with Crippen molar-refractivity contribution in [2.24, 2.45) is 0 Å². The fraction of sp³-hybridized carbons (Fsp3) is 0.158. The second kappa shape index (κ2) is 7.30. The Bertz CT molecular complexity index is 1190. The molecule has 0 aliphatic carbocycles. The molecule has 2 aromatic heterocycles. The van der Waals surface area contributed by atoms with Crippen LogP contribution in [0.2, 0.25) is 0 Å². The van der Waals surface area contributed by atoms with Gasteiger partial charge in [0.25, 0.3) is 5.89 Å². The van der Waals surface area contributed by atoms with E-state index < -0.39 is 11.6 Å². The first-order valence-electron chi connectivity index (χ1n) is 8.46. The number of hydrogen-bond acceptors (Lipinski definition) is 7. The van der Waals surface area contributed by atoms with Crippen LogP contribution >= 0.6 is 0 Å². The van der Waals surface area contributed by atoms with Crippen molar-refractivity contribution in [1.82, 2.24) is 25.1 Å². The summed E-state index contributed by atoms with van der Waals surface area (Å²) in [6.07, 6.45) is 0. The maximum atomic E-state index is 14.1. The van der Waals surface area contributed by atoms with Crippen LogP contribution in [0.5, 0.6) is 11.5 Å². The molecule has 0 aliphatic rings. The Morgan fingerprint density at radius 1 is 1.00 bits per heavy atom. The zero-order chi connectivity index (χ0) is 20.5. The quantitative estimate of drug-likeness (QED) is 0.507. The number of rotatable bonds is 5. The average molecular weight is 399 g/mol. The first kappa shape index (κ1) is 18.5. The normalized spacial score (nSPS) is 10.9. The lowest BCUT2D eigenvalue weighted by Gasteiger charge is -2.07. The van der Waals surface area contributed by atoms with Crippen molar-refractivity contribution >= 4 is 0 Å². The van der Waals surface area contributed by atoms with Crippen LogP contribution in [-0.4, -0.2) is 39.4 Å². The third-order valence-electron chi connectivity index (χ3n) is 4.30. The molecular weight excluding hydrogens is 384 g/mol. The minimum absolute atomic E-state index is 0.0686. The van der Waals surface area contributed by atoms with Crippen molar-refractivity contribution in [3.63, 3.8) is 0 Å². The minimum Gasteiger partial charge on any atom is -0.493 e. The van der Waals surface area contributed by atoms with E-state index in [-0.39, 0.29) is 17.3 Å². The predicted molar refractivity (Wildman–Crippen MR) is 97.8 cm³/mol. The number of hydrogen-bond donors (Lipinski definition) is 0. The molecule has 0 radical (unpaired) electrons. The highest BCUT2D eigenvalue weighted by Gasteiger charge is 2.21. The van der Waals surface area contributed by atoms with Gasteiger partial charge in [-0.3, -0.25) is 0 Å². The van der Waals surface area contributed by atoms with Crippen molar-refractivity contribution in [2.45, 2.75) is 6.92 Å². The molecule has 4 aromatic rings. The van der Waals surface area contributed by atoms with E-state index in [0.29, 0.717) is 28.6 Å². The van der Waals surface area contributed by atoms with Crippen LogP contribution in [0.4, 0.5) is 8.78 Å². The number of ether oxygens (including phenoxy) is 2. The first-order chi connectivity index (χ1) is 14.0. The summed E-state index contributed by atoms with van der Waals surface area (Å²) in [7, 11) is 3.06. The zero-order valence-electron chi connectivity index (χ0n) is 15.7. The van der Waals surface area contributed by atoms with Gasteiger partial charge in [0, 0.05) is 11.6 Å². The lowest BCUT2D eigenvalue weighted by atomic mass is 10.2. The van der Waals surface area contributed by atoms with Crippen molar-refractivity contribution < 1.29 is 22.8 Å². The van der Waals surface area contributed by atoms with Gasteiger partial charge >= 0.3 is 0 Å². The van der Waals surface area contributed by atoms with Crippen molar-refractivity contribution in [3.8, 4) is 40.2 Å². The van der Waals surface area contributed by atoms with Gasteiger partial charge in [-0.15, -0.1) is 5.10 Å². The number of benzene rings is 2. The molecule has 0 N–H and O–H groups in total. The van der Waals surface area contributed by atoms with Gasteiger partial charge in [-0.25, -0.2) is 13.5 Å². The van der Waals surface area contributed by atoms with Gasteiger partial charge in [0.2, 0.25) is 5.82 Å². The molecule has 2 aromatic carbocycles. The van der Waals surface area contributed by atoms with Crippen molar-refractivity contribution in [2.75, 3.05) is 14.2 Å². The smallest absolute Gasteiger partial charge is 0.280 e. The van der Waals surface area contributed by atoms with Crippen molar-refractivity contribution in [1.29, 1.82) is 0 Å². The van der Waals surface area contributed by atoms with E-state index in [0.717, 1.165) is 18.2 Å². The number of methoxy groups -OCH3 is 2. The summed E-state index contributed by atoms with van der Waals surface area (Å²) < 4.78 is 44.6. The Morgan fingerprint density at radius 3 is 2.55 bits per heavy atom. The number of nitrogens with zero attached hydrogens (tertiary/aromatic N) is 5.